The SMILES string of the molecule is O=C(NNC(=O)[C@H](Cc1ccc(O)cc1)NC(=O)c1ccc(Br)o1)c1ccc(Cl)cc1. The van der Waals surface area contributed by atoms with Crippen molar-refractivity contribution >= 4 is 45.3 Å². The van der Waals surface area contributed by atoms with Gasteiger partial charge in [-0.15, -0.1) is 0 Å². The highest BCUT2D eigenvalue weighted by molar-refractivity contribution is 9.10. The average molecular weight is 507 g/mol. The summed E-state index contributed by atoms with van der Waals surface area (Å²) in [4.78, 5) is 37.4. The second-order valence-corrected chi connectivity index (χ2v) is 7.67. The van der Waals surface area contributed by atoms with Crippen molar-refractivity contribution in [2.75, 3.05) is 0 Å². The van der Waals surface area contributed by atoms with E-state index in [-0.39, 0.29) is 17.9 Å². The Morgan fingerprint density at radius 1 is 0.935 bits per heavy atom. The molecule has 0 saturated carbocycles. The number of carbonyl (C=O) groups excluding carboxylic acids is 3. The van der Waals surface area contributed by atoms with Gasteiger partial charge in [0.2, 0.25) is 0 Å². The summed E-state index contributed by atoms with van der Waals surface area (Å²) in [7, 11) is 0. The summed E-state index contributed by atoms with van der Waals surface area (Å²) < 4.78 is 5.58. The van der Waals surface area contributed by atoms with Crippen LogP contribution in [0.3, 0.4) is 0 Å². The number of hydrogen-bond donors (Lipinski definition) is 4. The van der Waals surface area contributed by atoms with Crippen molar-refractivity contribution in [1.82, 2.24) is 16.2 Å². The molecule has 8 nitrogen and oxygen atoms in total. The monoisotopic (exact) mass is 505 g/mol. The zero-order valence-corrected chi connectivity index (χ0v) is 18.2. The average Bonchev–Trinajstić information content (AvgIpc) is 3.19. The first-order valence-electron chi connectivity index (χ1n) is 9.01. The van der Waals surface area contributed by atoms with Crippen molar-refractivity contribution in [2.45, 2.75) is 12.5 Å². The molecule has 2 aromatic carbocycles. The number of carbonyl (C=O) groups is 3. The van der Waals surface area contributed by atoms with E-state index in [0.717, 1.165) is 0 Å². The number of furan rings is 1. The summed E-state index contributed by atoms with van der Waals surface area (Å²) in [6.45, 7) is 0. The molecule has 0 radical (unpaired) electrons. The number of rotatable bonds is 6. The predicted molar refractivity (Wildman–Crippen MR) is 117 cm³/mol. The van der Waals surface area contributed by atoms with E-state index in [9.17, 15) is 19.5 Å². The van der Waals surface area contributed by atoms with Gasteiger partial charge in [-0.25, -0.2) is 0 Å². The van der Waals surface area contributed by atoms with Crippen molar-refractivity contribution in [1.29, 1.82) is 0 Å². The molecule has 31 heavy (non-hydrogen) atoms. The maximum Gasteiger partial charge on any atom is 0.287 e. The summed E-state index contributed by atoms with van der Waals surface area (Å²) in [5.41, 5.74) is 5.60. The zero-order valence-electron chi connectivity index (χ0n) is 15.9. The zero-order chi connectivity index (χ0) is 22.4. The van der Waals surface area contributed by atoms with Gasteiger partial charge in [0.05, 0.1) is 0 Å². The first-order valence-corrected chi connectivity index (χ1v) is 10.2. The van der Waals surface area contributed by atoms with Crippen molar-refractivity contribution in [3.63, 3.8) is 0 Å². The number of hydrazine groups is 1. The van der Waals surface area contributed by atoms with Gasteiger partial charge in [0.25, 0.3) is 17.7 Å². The number of amides is 3. The number of benzene rings is 2. The molecular formula is C21H17BrClN3O5. The van der Waals surface area contributed by atoms with Crippen LogP contribution in [0.5, 0.6) is 5.75 Å². The van der Waals surface area contributed by atoms with Crippen molar-refractivity contribution in [3.8, 4) is 5.75 Å². The van der Waals surface area contributed by atoms with Crippen LogP contribution in [-0.4, -0.2) is 28.9 Å². The topological polar surface area (TPSA) is 121 Å². The van der Waals surface area contributed by atoms with Crippen LogP contribution in [0, 0.1) is 0 Å². The number of hydrogen-bond acceptors (Lipinski definition) is 5. The molecule has 3 rings (SSSR count). The quantitative estimate of drug-likeness (QED) is 0.383. The molecule has 10 heteroatoms. The molecule has 0 bridgehead atoms. The molecule has 160 valence electrons. The Morgan fingerprint density at radius 3 is 2.23 bits per heavy atom. The van der Waals surface area contributed by atoms with Crippen LogP contribution in [0.15, 0.2) is 69.8 Å². The first kappa shape index (κ1) is 22.4. The highest BCUT2D eigenvalue weighted by Gasteiger charge is 2.24. The second-order valence-electron chi connectivity index (χ2n) is 6.45. The minimum Gasteiger partial charge on any atom is -0.508 e. The van der Waals surface area contributed by atoms with Crippen LogP contribution in [0.25, 0.3) is 0 Å². The Kier molecular flexibility index (Phi) is 7.32. The van der Waals surface area contributed by atoms with Crippen LogP contribution in [0.2, 0.25) is 5.02 Å². The van der Waals surface area contributed by atoms with Crippen LogP contribution in [-0.2, 0) is 11.2 Å². The summed E-state index contributed by atoms with van der Waals surface area (Å²) >= 11 is 8.92. The van der Waals surface area contributed by atoms with Gasteiger partial charge in [-0.1, -0.05) is 23.7 Å². The summed E-state index contributed by atoms with van der Waals surface area (Å²) in [6.07, 6.45) is 0.108. The van der Waals surface area contributed by atoms with Crippen LogP contribution in [0.4, 0.5) is 0 Å². The summed E-state index contributed by atoms with van der Waals surface area (Å²) in [5, 5.41) is 12.5. The number of phenols is 1. The van der Waals surface area contributed by atoms with E-state index in [2.05, 4.69) is 32.1 Å². The fourth-order valence-electron chi connectivity index (χ4n) is 2.62. The number of phenolic OH excluding ortho intramolecular Hbond substituents is 1. The minimum atomic E-state index is -1.04. The molecule has 0 saturated heterocycles. The van der Waals surface area contributed by atoms with Gasteiger partial charge in [-0.3, -0.25) is 25.2 Å². The van der Waals surface area contributed by atoms with Gasteiger partial charge in [0, 0.05) is 17.0 Å². The standard InChI is InChI=1S/C21H17BrClN3O5/c22-18-10-9-17(31-18)21(30)24-16(11-12-1-7-15(27)8-2-12)20(29)26-25-19(28)13-3-5-14(23)6-4-13/h1-10,16,27H,11H2,(H,24,30)(H,25,28)(H,26,29)/t16-/m0/s1. The van der Waals surface area contributed by atoms with Crippen molar-refractivity contribution in [3.05, 3.63) is 87.2 Å². The molecule has 1 aromatic heterocycles. The Hall–Kier alpha value is -3.30. The first-order chi connectivity index (χ1) is 14.8. The fourth-order valence-corrected chi connectivity index (χ4v) is 3.05. The largest absolute Gasteiger partial charge is 0.508 e. The lowest BCUT2D eigenvalue weighted by Gasteiger charge is -2.18. The van der Waals surface area contributed by atoms with Crippen molar-refractivity contribution < 1.29 is 23.9 Å². The Bertz CT molecular complexity index is 1080. The minimum absolute atomic E-state index is 0.0144. The van der Waals surface area contributed by atoms with Gasteiger partial charge >= 0.3 is 0 Å². The van der Waals surface area contributed by atoms with Crippen LogP contribution in [0.1, 0.15) is 26.5 Å². The third-order valence-electron chi connectivity index (χ3n) is 4.20. The molecule has 0 aliphatic heterocycles. The van der Waals surface area contributed by atoms with Gasteiger partial charge in [-0.05, 0) is 70.0 Å². The highest BCUT2D eigenvalue weighted by Crippen LogP contribution is 2.15. The molecule has 3 aromatic rings. The van der Waals surface area contributed by atoms with E-state index in [1.54, 1.807) is 30.3 Å². The van der Waals surface area contributed by atoms with E-state index in [4.69, 9.17) is 16.0 Å². The lowest BCUT2D eigenvalue weighted by molar-refractivity contribution is -0.123. The predicted octanol–water partition coefficient (Wildman–Crippen LogP) is 3.20. The molecule has 1 atom stereocenters. The maximum absolute atomic E-state index is 12.7. The molecule has 0 aliphatic rings. The Balaban J connectivity index is 1.69. The van der Waals surface area contributed by atoms with Gasteiger partial charge in [-0.2, -0.15) is 0 Å². The molecule has 3 amide bonds. The summed E-state index contributed by atoms with van der Waals surface area (Å²) in [6, 6.07) is 14.3. The van der Waals surface area contributed by atoms with Crippen molar-refractivity contribution in [2.24, 2.45) is 0 Å². The van der Waals surface area contributed by atoms with Crippen LogP contribution >= 0.6 is 27.5 Å². The number of nitrogens with one attached hydrogen (secondary N) is 3. The Labute approximate surface area is 190 Å². The van der Waals surface area contributed by atoms with Gasteiger partial charge in [0.1, 0.15) is 11.8 Å². The normalized spacial score (nSPS) is 11.4. The lowest BCUT2D eigenvalue weighted by atomic mass is 10.0. The van der Waals surface area contributed by atoms with E-state index in [0.29, 0.717) is 20.8 Å². The molecule has 0 aliphatic carbocycles. The molecule has 0 fully saturated rings. The van der Waals surface area contributed by atoms with E-state index in [1.807, 2.05) is 0 Å². The van der Waals surface area contributed by atoms with Crippen LogP contribution < -0.4 is 16.2 Å². The van der Waals surface area contributed by atoms with E-state index in [1.165, 1.54) is 30.3 Å². The smallest absolute Gasteiger partial charge is 0.287 e. The second kappa shape index (κ2) is 10.1. The molecule has 0 unspecified atom stereocenters. The third-order valence-corrected chi connectivity index (χ3v) is 4.88. The molecule has 4 N–H and O–H groups in total. The molecular weight excluding hydrogens is 490 g/mol. The summed E-state index contributed by atoms with van der Waals surface area (Å²) in [5.74, 6) is -1.71. The Morgan fingerprint density at radius 2 is 1.61 bits per heavy atom. The maximum atomic E-state index is 12.7. The number of halogens is 2. The third kappa shape index (κ3) is 6.34. The lowest BCUT2D eigenvalue weighted by Crippen LogP contribution is -2.53. The fraction of sp³-hybridized carbons (Fsp3) is 0.0952. The molecule has 1 heterocycles. The van der Waals surface area contributed by atoms with Gasteiger partial charge < -0.3 is 14.8 Å². The van der Waals surface area contributed by atoms with E-state index < -0.39 is 23.8 Å². The van der Waals surface area contributed by atoms with Gasteiger partial charge in [0.15, 0.2) is 10.4 Å². The van der Waals surface area contributed by atoms with E-state index >= 15 is 0 Å². The molecule has 0 spiro atoms. The number of aromatic hydroxyl groups is 1. The highest BCUT2D eigenvalue weighted by atomic mass is 79.9.